The first-order valence-corrected chi connectivity index (χ1v) is 3.17. The molecule has 0 aromatic carbocycles. The van der Waals surface area contributed by atoms with E-state index in [1.807, 2.05) is 22.6 Å². The van der Waals surface area contributed by atoms with Crippen LogP contribution in [0.3, 0.4) is 0 Å². The van der Waals surface area contributed by atoms with Gasteiger partial charge in [-0.25, -0.2) is 0 Å². The summed E-state index contributed by atoms with van der Waals surface area (Å²) in [6, 6.07) is 3.14. The molecule has 0 aliphatic rings. The monoisotopic (exact) mass is 221 g/mol. The van der Waals surface area contributed by atoms with Crippen LogP contribution in [0.5, 0.6) is 5.75 Å². The van der Waals surface area contributed by atoms with Gasteiger partial charge in [-0.2, -0.15) is 0 Å². The van der Waals surface area contributed by atoms with E-state index < -0.39 is 0 Å². The number of aromatic nitrogens is 1. The molecule has 0 unspecified atom stereocenters. The predicted octanol–water partition coefficient (Wildman–Crippen LogP) is 1.39. The lowest BCUT2D eigenvalue weighted by Gasteiger charge is -1.87. The van der Waals surface area contributed by atoms with Crippen LogP contribution in [0, 0.1) is 3.70 Å². The van der Waals surface area contributed by atoms with Crippen molar-refractivity contribution in [2.45, 2.75) is 0 Å². The topological polar surface area (TPSA) is 33.1 Å². The highest BCUT2D eigenvalue weighted by Gasteiger charge is 1.86. The average molecular weight is 221 g/mol. The van der Waals surface area contributed by atoms with Crippen LogP contribution in [0.4, 0.5) is 0 Å². The third-order valence-corrected chi connectivity index (χ3v) is 1.30. The van der Waals surface area contributed by atoms with Gasteiger partial charge in [-0.15, -0.1) is 0 Å². The molecule has 0 saturated heterocycles. The van der Waals surface area contributed by atoms with E-state index in [1.165, 1.54) is 0 Å². The lowest BCUT2D eigenvalue weighted by Crippen LogP contribution is -1.74. The molecule has 0 fully saturated rings. The van der Waals surface area contributed by atoms with E-state index in [-0.39, 0.29) is 5.75 Å². The zero-order valence-electron chi connectivity index (χ0n) is 4.00. The van der Waals surface area contributed by atoms with Gasteiger partial charge in [0.1, 0.15) is 9.45 Å². The quantitative estimate of drug-likeness (QED) is 0.530. The maximum Gasteiger partial charge on any atom is 0.119 e. The summed E-state index contributed by atoms with van der Waals surface area (Å²) in [4.78, 5) is 3.87. The van der Waals surface area contributed by atoms with Crippen molar-refractivity contribution in [3.63, 3.8) is 0 Å². The maximum atomic E-state index is 8.77. The number of rotatable bonds is 0. The molecule has 0 radical (unpaired) electrons. The van der Waals surface area contributed by atoms with Crippen LogP contribution < -0.4 is 0 Å². The second kappa shape index (κ2) is 2.30. The lowest BCUT2D eigenvalue weighted by atomic mass is 10.5. The summed E-state index contributed by atoms with van der Waals surface area (Å²) in [7, 11) is 0. The molecule has 1 N–H and O–H groups in total. The lowest BCUT2D eigenvalue weighted by molar-refractivity contribution is 0.474. The minimum absolute atomic E-state index is 0.268. The SMILES string of the molecule is Oc1ccnc(I)c1. The smallest absolute Gasteiger partial charge is 0.119 e. The molecule has 2 nitrogen and oxygen atoms in total. The minimum Gasteiger partial charge on any atom is -0.508 e. The number of hydrogen-bond acceptors (Lipinski definition) is 2. The van der Waals surface area contributed by atoms with Crippen LogP contribution in [-0.2, 0) is 0 Å². The molecule has 0 amide bonds. The first kappa shape index (κ1) is 5.81. The fourth-order valence-electron chi connectivity index (χ4n) is 0.392. The molecule has 0 aliphatic heterocycles. The highest BCUT2D eigenvalue weighted by atomic mass is 127. The van der Waals surface area contributed by atoms with Crippen molar-refractivity contribution in [3.8, 4) is 5.75 Å². The van der Waals surface area contributed by atoms with Gasteiger partial charge in [0.2, 0.25) is 0 Å². The number of aromatic hydroxyl groups is 1. The van der Waals surface area contributed by atoms with Crippen molar-refractivity contribution in [1.29, 1.82) is 0 Å². The molecule has 1 heterocycles. The maximum absolute atomic E-state index is 8.77. The Morgan fingerprint density at radius 3 is 2.75 bits per heavy atom. The molecule has 1 aromatic heterocycles. The predicted molar refractivity (Wildman–Crippen MR) is 38.6 cm³/mol. The van der Waals surface area contributed by atoms with Crippen LogP contribution in [0.15, 0.2) is 18.3 Å². The number of halogens is 1. The van der Waals surface area contributed by atoms with Crippen molar-refractivity contribution in [3.05, 3.63) is 22.0 Å². The zero-order valence-corrected chi connectivity index (χ0v) is 6.16. The Morgan fingerprint density at radius 1 is 1.62 bits per heavy atom. The summed E-state index contributed by atoms with van der Waals surface area (Å²) in [6.07, 6.45) is 1.57. The Balaban J connectivity index is 3.08. The summed E-state index contributed by atoms with van der Waals surface area (Å²) in [5.74, 6) is 0.268. The summed E-state index contributed by atoms with van der Waals surface area (Å²) in [6.45, 7) is 0. The van der Waals surface area contributed by atoms with Gasteiger partial charge in [0.25, 0.3) is 0 Å². The van der Waals surface area contributed by atoms with E-state index in [0.29, 0.717) is 0 Å². The Kier molecular flexibility index (Phi) is 1.67. The Hall–Kier alpha value is -0.320. The van der Waals surface area contributed by atoms with Crippen molar-refractivity contribution in [1.82, 2.24) is 4.98 Å². The third-order valence-electron chi connectivity index (χ3n) is 0.710. The molecular formula is C5H4INO. The van der Waals surface area contributed by atoms with Gasteiger partial charge >= 0.3 is 0 Å². The summed E-state index contributed by atoms with van der Waals surface area (Å²) in [5.41, 5.74) is 0. The molecule has 3 heteroatoms. The van der Waals surface area contributed by atoms with Crippen LogP contribution in [-0.4, -0.2) is 10.1 Å². The summed E-state index contributed by atoms with van der Waals surface area (Å²) >= 11 is 2.03. The highest BCUT2D eigenvalue weighted by molar-refractivity contribution is 14.1. The Morgan fingerprint density at radius 2 is 2.38 bits per heavy atom. The molecule has 0 spiro atoms. The Bertz CT molecular complexity index is 172. The van der Waals surface area contributed by atoms with Gasteiger partial charge in [-0.1, -0.05) is 0 Å². The minimum atomic E-state index is 0.268. The molecule has 0 atom stereocenters. The molecule has 1 aromatic rings. The van der Waals surface area contributed by atoms with Gasteiger partial charge in [0.05, 0.1) is 0 Å². The molecule has 0 aliphatic carbocycles. The largest absolute Gasteiger partial charge is 0.508 e. The molecule has 8 heavy (non-hydrogen) atoms. The van der Waals surface area contributed by atoms with E-state index in [4.69, 9.17) is 5.11 Å². The molecule has 0 saturated carbocycles. The van der Waals surface area contributed by atoms with Gasteiger partial charge in [-0.3, -0.25) is 4.98 Å². The number of nitrogens with zero attached hydrogens (tertiary/aromatic N) is 1. The molecule has 0 bridgehead atoms. The van der Waals surface area contributed by atoms with Crippen molar-refractivity contribution >= 4 is 22.6 Å². The standard InChI is InChI=1S/C5H4INO/c6-5-3-4(8)1-2-7-5/h1-3H,(H,7,8). The summed E-state index contributed by atoms with van der Waals surface area (Å²) < 4.78 is 0.808. The van der Waals surface area contributed by atoms with Crippen LogP contribution >= 0.6 is 22.6 Å². The average Bonchev–Trinajstić information content (AvgIpc) is 1.64. The van der Waals surface area contributed by atoms with Crippen molar-refractivity contribution in [2.24, 2.45) is 0 Å². The zero-order chi connectivity index (χ0) is 5.98. The second-order valence-electron chi connectivity index (χ2n) is 1.34. The van der Waals surface area contributed by atoms with E-state index >= 15 is 0 Å². The molecule has 1 rings (SSSR count). The van der Waals surface area contributed by atoms with Crippen molar-refractivity contribution < 1.29 is 5.11 Å². The van der Waals surface area contributed by atoms with Crippen molar-refractivity contribution in [2.75, 3.05) is 0 Å². The van der Waals surface area contributed by atoms with E-state index in [2.05, 4.69) is 4.98 Å². The Labute approximate surface area is 60.7 Å². The number of hydrogen-bond donors (Lipinski definition) is 1. The van der Waals surface area contributed by atoms with Crippen LogP contribution in [0.25, 0.3) is 0 Å². The van der Waals surface area contributed by atoms with Gasteiger partial charge in [0, 0.05) is 12.3 Å². The third kappa shape index (κ3) is 1.33. The van der Waals surface area contributed by atoms with E-state index in [0.717, 1.165) is 3.70 Å². The van der Waals surface area contributed by atoms with E-state index in [9.17, 15) is 0 Å². The number of pyridine rings is 1. The van der Waals surface area contributed by atoms with Gasteiger partial charge in [-0.05, 0) is 28.7 Å². The van der Waals surface area contributed by atoms with Crippen LogP contribution in [0.2, 0.25) is 0 Å². The molecular weight excluding hydrogens is 217 g/mol. The van der Waals surface area contributed by atoms with E-state index in [1.54, 1.807) is 18.3 Å². The first-order valence-electron chi connectivity index (χ1n) is 2.09. The highest BCUT2D eigenvalue weighted by Crippen LogP contribution is 2.08. The second-order valence-corrected chi connectivity index (χ2v) is 2.44. The van der Waals surface area contributed by atoms with Gasteiger partial charge in [0.15, 0.2) is 0 Å². The fraction of sp³-hybridized carbons (Fsp3) is 0. The first-order chi connectivity index (χ1) is 3.79. The normalized spacial score (nSPS) is 9.12. The molecule has 42 valence electrons. The van der Waals surface area contributed by atoms with Crippen LogP contribution in [0.1, 0.15) is 0 Å². The summed E-state index contributed by atoms with van der Waals surface area (Å²) in [5, 5.41) is 8.77. The fourth-order valence-corrected chi connectivity index (χ4v) is 0.872. The van der Waals surface area contributed by atoms with Gasteiger partial charge < -0.3 is 5.11 Å².